The molecular formula is C39H63FeN2P3Si2. The SMILES string of the molecule is CC(C)P(c1ccccc1[Si-](c1ccccc1P(C(C)C)C(C)C)c1ccccc1P(C(C)C)C(C)C)C(C)C.C[Si](C)(C)[N+]#N.[Fe]. The predicted molar refractivity (Wildman–Crippen MR) is 223 cm³/mol. The van der Waals surface area contributed by atoms with E-state index in [0.717, 1.165) is 0 Å². The molecule has 8 heteroatoms. The Kier molecular flexibility index (Phi) is 19.1. The number of hydrogen-bond acceptors (Lipinski definition) is 1. The Hall–Kier alpha value is -0.677. The zero-order valence-corrected chi connectivity index (χ0v) is 37.8. The van der Waals surface area contributed by atoms with Gasteiger partial charge in [-0.1, -0.05) is 196 Å². The normalized spacial score (nSPS) is 12.0. The third-order valence-corrected chi connectivity index (χ3v) is 21.7. The summed E-state index contributed by atoms with van der Waals surface area (Å²) < 4.78 is 3.16. The fourth-order valence-corrected chi connectivity index (χ4v) is 20.2. The van der Waals surface area contributed by atoms with E-state index in [4.69, 9.17) is 5.39 Å². The molecule has 0 aliphatic rings. The van der Waals surface area contributed by atoms with Crippen molar-refractivity contribution in [3.8, 4) is 0 Å². The van der Waals surface area contributed by atoms with E-state index < -0.39 is 17.0 Å². The van der Waals surface area contributed by atoms with Crippen molar-refractivity contribution in [1.29, 1.82) is 5.39 Å². The molecule has 0 radical (unpaired) electrons. The van der Waals surface area contributed by atoms with Crippen LogP contribution in [-0.2, 0) is 17.1 Å². The first-order valence-corrected chi connectivity index (χ1v) is 26.7. The van der Waals surface area contributed by atoms with E-state index in [1.165, 1.54) is 0 Å². The van der Waals surface area contributed by atoms with E-state index in [9.17, 15) is 0 Å². The molecule has 0 spiro atoms. The molecule has 0 saturated heterocycles. The molecule has 3 aromatic rings. The number of hydrogen-bond donors (Lipinski definition) is 0. The molecule has 2 nitrogen and oxygen atoms in total. The van der Waals surface area contributed by atoms with E-state index in [2.05, 4.69) is 161 Å². The number of diazo groups is 1. The minimum Gasteiger partial charge on any atom is -0.217 e. The zero-order valence-electron chi connectivity index (χ0n) is 32.0. The Morgan fingerprint density at radius 3 is 0.830 bits per heavy atom. The minimum atomic E-state index is -1.45. The first kappa shape index (κ1) is 44.3. The molecule has 260 valence electrons. The summed E-state index contributed by atoms with van der Waals surface area (Å²) in [5, 5.41) is 18.0. The van der Waals surface area contributed by atoms with E-state index in [1.807, 2.05) is 19.6 Å². The average Bonchev–Trinajstić information content (AvgIpc) is 2.94. The molecule has 0 aromatic heterocycles. The second-order valence-electron chi connectivity index (χ2n) is 15.0. The van der Waals surface area contributed by atoms with Gasteiger partial charge in [0.2, 0.25) is 0 Å². The molecule has 3 rings (SSSR count). The molecule has 0 amide bonds. The Labute approximate surface area is 307 Å². The maximum atomic E-state index is 8.09. The smallest absolute Gasteiger partial charge is 0.217 e. The summed E-state index contributed by atoms with van der Waals surface area (Å²) >= 11 is 0. The minimum absolute atomic E-state index is 0. The average molecular weight is 765 g/mol. The molecule has 0 unspecified atom stereocenters. The molecule has 0 aliphatic heterocycles. The van der Waals surface area contributed by atoms with Gasteiger partial charge in [-0.2, -0.15) is 15.6 Å². The van der Waals surface area contributed by atoms with Crippen molar-refractivity contribution >= 4 is 72.3 Å². The summed E-state index contributed by atoms with van der Waals surface area (Å²) in [4.78, 5) is 0. The summed E-state index contributed by atoms with van der Waals surface area (Å²) in [6.45, 7) is 35.3. The van der Waals surface area contributed by atoms with Gasteiger partial charge in [-0.15, -0.1) is 0 Å². The van der Waals surface area contributed by atoms with E-state index >= 15 is 0 Å². The van der Waals surface area contributed by atoms with Crippen LogP contribution in [0.2, 0.25) is 19.6 Å². The Bertz CT molecular complexity index is 1240. The summed E-state index contributed by atoms with van der Waals surface area (Å²) in [6, 6.07) is 29.0. The first-order chi connectivity index (χ1) is 21.4. The van der Waals surface area contributed by atoms with Crippen LogP contribution in [0.5, 0.6) is 0 Å². The summed E-state index contributed by atoms with van der Waals surface area (Å²) in [5.41, 5.74) is 3.98. The number of nitrogens with zero attached hydrogens (tertiary/aromatic N) is 2. The molecule has 0 N–H and O–H groups in total. The van der Waals surface area contributed by atoms with Crippen molar-refractivity contribution < 1.29 is 17.1 Å². The molecule has 47 heavy (non-hydrogen) atoms. The maximum Gasteiger partial charge on any atom is 0.556 e. The van der Waals surface area contributed by atoms with Crippen LogP contribution in [0.3, 0.4) is 0 Å². The fraction of sp³-hybridized carbons (Fsp3) is 0.538. The van der Waals surface area contributed by atoms with Crippen molar-refractivity contribution in [2.45, 2.75) is 137 Å². The van der Waals surface area contributed by atoms with Gasteiger partial charge < -0.3 is 0 Å². The monoisotopic (exact) mass is 764 g/mol. The molecule has 0 saturated carbocycles. The van der Waals surface area contributed by atoms with Crippen LogP contribution in [0.15, 0.2) is 72.8 Å². The maximum absolute atomic E-state index is 8.09. The molecule has 0 heterocycles. The standard InChI is InChI=1S/C36H54P3Si.C3H9N2Si.Fe/c1-25(2)37(26(3)4)31-19-13-16-22-34(31)40(35-23-17-14-20-32(35)38(27(5)6)28(7)8)36-24-18-15-21-33(36)39(29(9)10)30(11)12;1-6(2,3)5-4;/h13-30H,1-12H3;1-3H3;/q-1;+1;. The number of benzene rings is 3. The van der Waals surface area contributed by atoms with Gasteiger partial charge in [0.1, 0.15) is 0 Å². The topological polar surface area (TPSA) is 28.1 Å². The van der Waals surface area contributed by atoms with E-state index in [1.54, 1.807) is 31.5 Å². The second kappa shape index (κ2) is 20.2. The van der Waals surface area contributed by atoms with Crippen molar-refractivity contribution in [2.24, 2.45) is 0 Å². The fourth-order valence-electron chi connectivity index (χ4n) is 6.62. The zero-order chi connectivity index (χ0) is 34.9. The molecule has 0 fully saturated rings. The van der Waals surface area contributed by atoms with E-state index in [0.29, 0.717) is 34.0 Å². The van der Waals surface area contributed by atoms with Crippen LogP contribution in [0.25, 0.3) is 4.64 Å². The van der Waals surface area contributed by atoms with Crippen molar-refractivity contribution in [1.82, 2.24) is 0 Å². The van der Waals surface area contributed by atoms with Crippen LogP contribution in [0.4, 0.5) is 0 Å². The summed E-state index contributed by atoms with van der Waals surface area (Å²) in [6.07, 6.45) is 0. The number of rotatable bonds is 12. The van der Waals surface area contributed by atoms with Gasteiger partial charge in [-0.3, -0.25) is 0 Å². The van der Waals surface area contributed by atoms with Gasteiger partial charge in [0, 0.05) is 36.7 Å². The quantitative estimate of drug-likeness (QED) is 0.0782. The van der Waals surface area contributed by atoms with Crippen LogP contribution in [0.1, 0.15) is 83.1 Å². The molecule has 0 atom stereocenters. The van der Waals surface area contributed by atoms with Gasteiger partial charge in [-0.05, 0) is 38.6 Å². The van der Waals surface area contributed by atoms with Crippen molar-refractivity contribution in [3.05, 3.63) is 77.4 Å². The van der Waals surface area contributed by atoms with Crippen LogP contribution in [-0.4, -0.2) is 51.0 Å². The van der Waals surface area contributed by atoms with Gasteiger partial charge in [0.15, 0.2) is 5.39 Å². The predicted octanol–water partition coefficient (Wildman–Crippen LogP) is 9.65. The van der Waals surface area contributed by atoms with Crippen LogP contribution < -0.4 is 31.5 Å². The second-order valence-corrected chi connectivity index (χ2v) is 32.0. The molecule has 0 bridgehead atoms. The third kappa shape index (κ3) is 12.3. The molecule has 3 aromatic carbocycles. The van der Waals surface area contributed by atoms with Gasteiger partial charge in [0.25, 0.3) is 0 Å². The van der Waals surface area contributed by atoms with Gasteiger partial charge in [0.05, 0.1) is 0 Å². The first-order valence-electron chi connectivity index (χ1n) is 17.3. The molecular weight excluding hydrogens is 701 g/mol. The van der Waals surface area contributed by atoms with E-state index in [-0.39, 0.29) is 40.8 Å². The summed E-state index contributed by atoms with van der Waals surface area (Å²) in [5.74, 6) is 0. The van der Waals surface area contributed by atoms with Gasteiger partial charge >= 0.3 is 8.24 Å². The van der Waals surface area contributed by atoms with Crippen LogP contribution >= 0.6 is 23.8 Å². The Morgan fingerprint density at radius 1 is 0.468 bits per heavy atom. The molecule has 0 aliphatic carbocycles. The largest absolute Gasteiger partial charge is 0.556 e. The Balaban J connectivity index is 0.00000144. The Morgan fingerprint density at radius 2 is 0.660 bits per heavy atom. The third-order valence-electron chi connectivity index (χ3n) is 7.99. The van der Waals surface area contributed by atoms with Crippen molar-refractivity contribution in [2.75, 3.05) is 0 Å². The van der Waals surface area contributed by atoms with Crippen LogP contribution in [0, 0.1) is 5.39 Å². The summed E-state index contributed by atoms with van der Waals surface area (Å²) in [7, 11) is -3.51. The van der Waals surface area contributed by atoms with Crippen molar-refractivity contribution in [3.63, 3.8) is 0 Å². The van der Waals surface area contributed by atoms with Gasteiger partial charge in [-0.25, -0.2) is 8.80 Å².